The van der Waals surface area contributed by atoms with Gasteiger partial charge in [-0.1, -0.05) is 6.07 Å². The van der Waals surface area contributed by atoms with Crippen LogP contribution in [-0.4, -0.2) is 83.7 Å². The van der Waals surface area contributed by atoms with E-state index in [0.29, 0.717) is 11.1 Å². The Kier molecular flexibility index (Phi) is 8.88. The molecule has 0 aliphatic carbocycles. The molecule has 0 saturated carbocycles. The van der Waals surface area contributed by atoms with Crippen LogP contribution in [0.3, 0.4) is 0 Å². The second-order valence-electron chi connectivity index (χ2n) is 7.95. The Hall–Kier alpha value is -3.64. The lowest BCUT2D eigenvalue weighted by molar-refractivity contribution is -0.278. The Morgan fingerprint density at radius 1 is 0.944 bits per heavy atom. The standard InChI is InChI=1S/C25H28O11/c1-13(26)15-6-8-17(19(11-15)33-3)35-25-24(31)23(30)22(29)20(36-25)12-34-21(28)9-5-14-4-7-16(27)18(10-14)32-2/h4-11,20,22-25,27,29-31H,12H2,1-3H3/t20-,22-,23+,24-,25-/m1/s1. The van der Waals surface area contributed by atoms with Gasteiger partial charge in [0, 0.05) is 11.6 Å². The molecule has 1 aliphatic rings. The SMILES string of the molecule is COc1cc(C=CC(=O)OC[C@H]2O[C@@H](Oc3ccc(C(C)=O)cc3OC)[C@H](O)[C@@H](O)[C@@H]2O)ccc1O. The highest BCUT2D eigenvalue weighted by Gasteiger charge is 2.45. The van der Waals surface area contributed by atoms with E-state index in [-0.39, 0.29) is 28.8 Å². The molecule has 3 rings (SSSR count). The van der Waals surface area contributed by atoms with Crippen molar-refractivity contribution in [3.63, 3.8) is 0 Å². The fraction of sp³-hybridized carbons (Fsp3) is 0.360. The highest BCUT2D eigenvalue weighted by Crippen LogP contribution is 2.32. The third-order valence-electron chi connectivity index (χ3n) is 5.49. The van der Waals surface area contributed by atoms with Crippen molar-refractivity contribution in [3.05, 3.63) is 53.6 Å². The van der Waals surface area contributed by atoms with Crippen LogP contribution >= 0.6 is 0 Å². The van der Waals surface area contributed by atoms with Crippen LogP contribution in [0.25, 0.3) is 6.08 Å². The van der Waals surface area contributed by atoms with Crippen molar-refractivity contribution in [1.82, 2.24) is 0 Å². The summed E-state index contributed by atoms with van der Waals surface area (Å²) in [6.07, 6.45) is -4.96. The molecule has 1 fully saturated rings. The van der Waals surface area contributed by atoms with Crippen LogP contribution in [0.15, 0.2) is 42.5 Å². The minimum absolute atomic E-state index is 0.0504. The molecule has 11 heteroatoms. The number of aliphatic hydroxyl groups excluding tert-OH is 3. The summed E-state index contributed by atoms with van der Waals surface area (Å²) in [7, 11) is 2.76. The van der Waals surface area contributed by atoms with Crippen LogP contribution in [0, 0.1) is 0 Å². The number of methoxy groups -OCH3 is 2. The number of phenolic OH excluding ortho intramolecular Hbond substituents is 1. The lowest BCUT2D eigenvalue weighted by Gasteiger charge is -2.40. The van der Waals surface area contributed by atoms with E-state index in [4.69, 9.17) is 23.7 Å². The quantitative estimate of drug-likeness (QED) is 0.219. The molecule has 1 aliphatic heterocycles. The number of rotatable bonds is 9. The Balaban J connectivity index is 1.65. The molecule has 2 aromatic rings. The molecule has 0 bridgehead atoms. The molecule has 0 radical (unpaired) electrons. The van der Waals surface area contributed by atoms with E-state index in [2.05, 4.69) is 0 Å². The maximum Gasteiger partial charge on any atom is 0.330 e. The molecule has 0 amide bonds. The molecule has 5 atom stereocenters. The van der Waals surface area contributed by atoms with Crippen LogP contribution in [0.1, 0.15) is 22.8 Å². The van der Waals surface area contributed by atoms with Crippen molar-refractivity contribution in [1.29, 1.82) is 0 Å². The number of phenols is 1. The van der Waals surface area contributed by atoms with Crippen molar-refractivity contribution in [3.8, 4) is 23.0 Å². The molecule has 1 heterocycles. The van der Waals surface area contributed by atoms with Gasteiger partial charge in [-0.15, -0.1) is 0 Å². The molecule has 2 aromatic carbocycles. The van der Waals surface area contributed by atoms with E-state index in [1.165, 1.54) is 57.6 Å². The molecule has 4 N–H and O–H groups in total. The van der Waals surface area contributed by atoms with Gasteiger partial charge < -0.3 is 44.1 Å². The molecule has 11 nitrogen and oxygen atoms in total. The number of carbonyl (C=O) groups is 2. The van der Waals surface area contributed by atoms with Crippen molar-refractivity contribution in [2.45, 2.75) is 37.6 Å². The van der Waals surface area contributed by atoms with Crippen LogP contribution < -0.4 is 14.2 Å². The van der Waals surface area contributed by atoms with Crippen molar-refractivity contribution in [2.24, 2.45) is 0 Å². The fourth-order valence-corrected chi connectivity index (χ4v) is 3.44. The lowest BCUT2D eigenvalue weighted by atomic mass is 9.99. The monoisotopic (exact) mass is 504 g/mol. The number of aromatic hydroxyl groups is 1. The zero-order valence-corrected chi connectivity index (χ0v) is 19.9. The summed E-state index contributed by atoms with van der Waals surface area (Å²) >= 11 is 0. The van der Waals surface area contributed by atoms with Gasteiger partial charge in [0.25, 0.3) is 0 Å². The first-order chi connectivity index (χ1) is 17.1. The van der Waals surface area contributed by atoms with Gasteiger partial charge >= 0.3 is 5.97 Å². The van der Waals surface area contributed by atoms with Crippen LogP contribution in [0.4, 0.5) is 0 Å². The Labute approximate surface area is 207 Å². The molecule has 194 valence electrons. The summed E-state index contributed by atoms with van der Waals surface area (Å²) in [5.74, 6) is -0.456. The van der Waals surface area contributed by atoms with Gasteiger partial charge in [0.2, 0.25) is 6.29 Å². The number of hydrogen-bond acceptors (Lipinski definition) is 11. The van der Waals surface area contributed by atoms with Crippen molar-refractivity contribution < 1.29 is 53.7 Å². The van der Waals surface area contributed by atoms with E-state index in [9.17, 15) is 30.0 Å². The second-order valence-corrected chi connectivity index (χ2v) is 7.95. The topological polar surface area (TPSA) is 161 Å². The zero-order chi connectivity index (χ0) is 26.4. The summed E-state index contributed by atoms with van der Waals surface area (Å²) in [4.78, 5) is 23.8. The predicted molar refractivity (Wildman–Crippen MR) is 125 cm³/mol. The number of ether oxygens (including phenoxy) is 5. The van der Waals surface area contributed by atoms with E-state index < -0.39 is 43.3 Å². The van der Waals surface area contributed by atoms with E-state index in [0.717, 1.165) is 6.08 Å². The first-order valence-electron chi connectivity index (χ1n) is 10.9. The predicted octanol–water partition coefficient (Wildman–Crippen LogP) is 1.05. The third-order valence-corrected chi connectivity index (χ3v) is 5.49. The maximum absolute atomic E-state index is 12.2. The molecular weight excluding hydrogens is 476 g/mol. The molecule has 36 heavy (non-hydrogen) atoms. The number of aliphatic hydroxyl groups is 3. The summed E-state index contributed by atoms with van der Waals surface area (Å²) in [6.45, 7) is 0.941. The summed E-state index contributed by atoms with van der Waals surface area (Å²) in [6, 6.07) is 8.88. The zero-order valence-electron chi connectivity index (χ0n) is 19.9. The molecule has 0 unspecified atom stereocenters. The number of ketones is 1. The number of hydrogen-bond donors (Lipinski definition) is 4. The highest BCUT2D eigenvalue weighted by molar-refractivity contribution is 5.94. The maximum atomic E-state index is 12.2. The lowest BCUT2D eigenvalue weighted by Crippen LogP contribution is -2.60. The normalized spacial score (nSPS) is 23.8. The van der Waals surface area contributed by atoms with E-state index >= 15 is 0 Å². The van der Waals surface area contributed by atoms with Gasteiger partial charge in [0.15, 0.2) is 28.8 Å². The minimum Gasteiger partial charge on any atom is -0.504 e. The van der Waals surface area contributed by atoms with Gasteiger partial charge in [0.05, 0.1) is 14.2 Å². The first kappa shape index (κ1) is 27.0. The number of benzene rings is 2. The number of Topliss-reactive ketones (excluding diaryl/α,β-unsaturated/α-hetero) is 1. The number of carbonyl (C=O) groups excluding carboxylic acids is 2. The molecule has 1 saturated heterocycles. The van der Waals surface area contributed by atoms with Crippen LogP contribution in [0.5, 0.6) is 23.0 Å². The smallest absolute Gasteiger partial charge is 0.330 e. The van der Waals surface area contributed by atoms with Gasteiger partial charge in [-0.2, -0.15) is 0 Å². The van der Waals surface area contributed by atoms with Crippen LogP contribution in [-0.2, 0) is 14.3 Å². The van der Waals surface area contributed by atoms with Crippen LogP contribution in [0.2, 0.25) is 0 Å². The Morgan fingerprint density at radius 3 is 2.33 bits per heavy atom. The molecule has 0 aromatic heterocycles. The van der Waals surface area contributed by atoms with Crippen molar-refractivity contribution >= 4 is 17.8 Å². The minimum atomic E-state index is -1.66. The summed E-state index contributed by atoms with van der Waals surface area (Å²) in [5, 5.41) is 40.5. The van der Waals surface area contributed by atoms with Crippen molar-refractivity contribution in [2.75, 3.05) is 20.8 Å². The molecule has 0 spiro atoms. The van der Waals surface area contributed by atoms with E-state index in [1.54, 1.807) is 6.07 Å². The average Bonchev–Trinajstić information content (AvgIpc) is 2.87. The molecular formula is C25H28O11. The van der Waals surface area contributed by atoms with Gasteiger partial charge in [-0.3, -0.25) is 4.79 Å². The average molecular weight is 504 g/mol. The van der Waals surface area contributed by atoms with Gasteiger partial charge in [-0.25, -0.2) is 4.79 Å². The number of esters is 1. The summed E-state index contributed by atoms with van der Waals surface area (Å²) < 4.78 is 26.6. The second kappa shape index (κ2) is 11.9. The first-order valence-corrected chi connectivity index (χ1v) is 10.9. The Morgan fingerprint density at radius 2 is 1.67 bits per heavy atom. The van der Waals surface area contributed by atoms with E-state index in [1.807, 2.05) is 0 Å². The largest absolute Gasteiger partial charge is 0.504 e. The third kappa shape index (κ3) is 6.32. The summed E-state index contributed by atoms with van der Waals surface area (Å²) in [5.41, 5.74) is 0.940. The highest BCUT2D eigenvalue weighted by atomic mass is 16.7. The van der Waals surface area contributed by atoms with Gasteiger partial charge in [0.1, 0.15) is 31.0 Å². The Bertz CT molecular complexity index is 1110. The fourth-order valence-electron chi connectivity index (χ4n) is 3.44. The van der Waals surface area contributed by atoms with Gasteiger partial charge in [-0.05, 0) is 48.9 Å².